The number of nitrogens with two attached hydrogens (primary N) is 3. The molecule has 0 heterocycles. The van der Waals surface area contributed by atoms with E-state index in [1.54, 1.807) is 0 Å². The number of aliphatic hydroxyl groups is 3. The van der Waals surface area contributed by atoms with Crippen molar-refractivity contribution in [2.45, 2.75) is 18.1 Å². The van der Waals surface area contributed by atoms with E-state index in [-0.39, 0.29) is 16.5 Å². The summed E-state index contributed by atoms with van der Waals surface area (Å²) in [6, 6.07) is -3.38. The predicted octanol–water partition coefficient (Wildman–Crippen LogP) is -4.83. The maximum absolute atomic E-state index is 9.65. The minimum atomic E-state index is -1.18. The number of hydrogen-bond acceptors (Lipinski definition) is 9. The van der Waals surface area contributed by atoms with Gasteiger partial charge in [0.15, 0.2) is 0 Å². The summed E-state index contributed by atoms with van der Waals surface area (Å²) in [4.78, 5) is 28.9. The first-order valence-electron chi connectivity index (χ1n) is 5.32. The van der Waals surface area contributed by atoms with Crippen LogP contribution in [-0.2, 0) is 30.9 Å². The molecule has 0 rings (SSSR count). The molecular formula is C9H21N3NiO9. The Kier molecular flexibility index (Phi) is 23.2. The second-order valence-electron chi connectivity index (χ2n) is 3.38. The molecule has 0 aromatic heterocycles. The van der Waals surface area contributed by atoms with Gasteiger partial charge in [-0.05, 0) is 0 Å². The molecule has 0 aliphatic rings. The molecule has 0 unspecified atom stereocenters. The number of rotatable bonds is 6. The average Bonchev–Trinajstić information content (AvgIpc) is 2.45. The molecule has 3 atom stereocenters. The third-order valence-corrected chi connectivity index (χ3v) is 1.54. The van der Waals surface area contributed by atoms with Crippen LogP contribution in [0.4, 0.5) is 0 Å². The summed E-state index contributed by atoms with van der Waals surface area (Å²) in [6.45, 7) is -1.51. The van der Waals surface area contributed by atoms with E-state index in [0.29, 0.717) is 0 Å². The minimum Gasteiger partial charge on any atom is -0.480 e. The number of aliphatic carboxylic acids is 3. The smallest absolute Gasteiger partial charge is 0.322 e. The van der Waals surface area contributed by atoms with Crippen LogP contribution in [0.5, 0.6) is 0 Å². The van der Waals surface area contributed by atoms with Crippen molar-refractivity contribution >= 4 is 17.9 Å². The van der Waals surface area contributed by atoms with Crippen molar-refractivity contribution in [1.82, 2.24) is 0 Å². The van der Waals surface area contributed by atoms with E-state index in [1.165, 1.54) is 0 Å². The summed E-state index contributed by atoms with van der Waals surface area (Å²) >= 11 is 0. The van der Waals surface area contributed by atoms with Gasteiger partial charge >= 0.3 is 17.9 Å². The van der Waals surface area contributed by atoms with Gasteiger partial charge in [-0.15, -0.1) is 0 Å². The maximum Gasteiger partial charge on any atom is 0.322 e. The first kappa shape index (κ1) is 28.8. The Labute approximate surface area is 135 Å². The van der Waals surface area contributed by atoms with Crippen LogP contribution in [0.25, 0.3) is 0 Å². The van der Waals surface area contributed by atoms with Crippen molar-refractivity contribution < 1.29 is 61.5 Å². The van der Waals surface area contributed by atoms with Crippen LogP contribution in [0.2, 0.25) is 0 Å². The number of carboxylic acid groups (broad SMARTS) is 3. The molecule has 0 radical (unpaired) electrons. The van der Waals surface area contributed by atoms with Gasteiger partial charge in [0.2, 0.25) is 0 Å². The molecule has 0 saturated heterocycles. The zero-order valence-corrected chi connectivity index (χ0v) is 12.3. The topological polar surface area (TPSA) is 251 Å². The molecule has 0 bridgehead atoms. The fraction of sp³-hybridized carbons (Fsp3) is 0.667. The van der Waals surface area contributed by atoms with Gasteiger partial charge < -0.3 is 47.8 Å². The Hall–Kier alpha value is -1.34. The zero-order valence-electron chi connectivity index (χ0n) is 11.3. The van der Waals surface area contributed by atoms with Crippen molar-refractivity contribution in [2.75, 3.05) is 19.8 Å². The van der Waals surface area contributed by atoms with Crippen LogP contribution in [0, 0.1) is 0 Å². The average molecular weight is 374 g/mol. The van der Waals surface area contributed by atoms with Gasteiger partial charge in [-0.25, -0.2) is 0 Å². The molecule has 0 aromatic carbocycles. The third-order valence-electron chi connectivity index (χ3n) is 1.54. The van der Waals surface area contributed by atoms with E-state index in [2.05, 4.69) is 0 Å². The van der Waals surface area contributed by atoms with E-state index in [9.17, 15) is 14.4 Å². The summed E-state index contributed by atoms with van der Waals surface area (Å²) in [6.07, 6.45) is 0. The molecule has 12 N–H and O–H groups in total. The summed E-state index contributed by atoms with van der Waals surface area (Å²) in [7, 11) is 0. The van der Waals surface area contributed by atoms with Crippen molar-refractivity contribution in [3.8, 4) is 0 Å². The van der Waals surface area contributed by atoms with Crippen molar-refractivity contribution in [3.63, 3.8) is 0 Å². The van der Waals surface area contributed by atoms with E-state index < -0.39 is 55.9 Å². The Morgan fingerprint density at radius 1 is 0.636 bits per heavy atom. The van der Waals surface area contributed by atoms with Crippen molar-refractivity contribution in [2.24, 2.45) is 17.2 Å². The molecule has 0 saturated carbocycles. The van der Waals surface area contributed by atoms with Crippen LogP contribution < -0.4 is 17.2 Å². The standard InChI is InChI=1S/3C3H7NO3.Ni/c3*4-2(1-5)3(6)7;/h3*2,5H,1,4H2,(H,6,7);/t3*2-;/m000./s1. The fourth-order valence-electron chi connectivity index (χ4n) is 0.234. The van der Waals surface area contributed by atoms with Crippen LogP contribution >= 0.6 is 0 Å². The fourth-order valence-corrected chi connectivity index (χ4v) is 0.234. The number of carbonyl (C=O) groups is 3. The molecular weight excluding hydrogens is 353 g/mol. The van der Waals surface area contributed by atoms with Gasteiger partial charge in [0.05, 0.1) is 19.8 Å². The number of carboxylic acids is 3. The Balaban J connectivity index is -0.000000108. The number of aliphatic hydroxyl groups excluding tert-OH is 3. The van der Waals surface area contributed by atoms with Crippen molar-refractivity contribution in [3.05, 3.63) is 0 Å². The third kappa shape index (κ3) is 21.0. The van der Waals surface area contributed by atoms with Crippen LogP contribution in [0.15, 0.2) is 0 Å². The summed E-state index contributed by atoms with van der Waals surface area (Å²) in [5.41, 5.74) is 14.3. The summed E-state index contributed by atoms with van der Waals surface area (Å²) < 4.78 is 0. The molecule has 0 aliphatic carbocycles. The van der Waals surface area contributed by atoms with Crippen molar-refractivity contribution in [1.29, 1.82) is 0 Å². The molecule has 0 fully saturated rings. The van der Waals surface area contributed by atoms with Gasteiger partial charge in [-0.3, -0.25) is 14.4 Å². The molecule has 0 aromatic rings. The molecule has 0 aliphatic heterocycles. The second kappa shape index (κ2) is 17.7. The first-order chi connectivity index (χ1) is 9.54. The van der Waals surface area contributed by atoms with Crippen LogP contribution in [0.1, 0.15) is 0 Å². The SMILES string of the molecule is N[C@@H](CO)C(=O)O.N[C@@H](CO)C(=O)O.N[C@@H](CO)C(=O)O.[Ni]. The van der Waals surface area contributed by atoms with Gasteiger partial charge in [0.1, 0.15) is 18.1 Å². The Bertz CT molecular complexity index is 271. The first-order valence-corrected chi connectivity index (χ1v) is 5.32. The van der Waals surface area contributed by atoms with E-state index in [1.807, 2.05) is 0 Å². The van der Waals surface area contributed by atoms with Gasteiger partial charge in [0, 0.05) is 16.5 Å². The maximum atomic E-state index is 9.65. The van der Waals surface area contributed by atoms with E-state index in [0.717, 1.165) is 0 Å². The molecule has 22 heavy (non-hydrogen) atoms. The van der Waals surface area contributed by atoms with Crippen LogP contribution in [-0.4, -0.2) is 86.5 Å². The van der Waals surface area contributed by atoms with Gasteiger partial charge in [-0.1, -0.05) is 0 Å². The second-order valence-corrected chi connectivity index (χ2v) is 3.38. The van der Waals surface area contributed by atoms with E-state index >= 15 is 0 Å². The minimum absolute atomic E-state index is 0. The largest absolute Gasteiger partial charge is 0.480 e. The molecule has 136 valence electrons. The van der Waals surface area contributed by atoms with Gasteiger partial charge in [-0.2, -0.15) is 0 Å². The zero-order chi connectivity index (χ0) is 17.6. The number of hydrogen-bond donors (Lipinski definition) is 9. The Morgan fingerprint density at radius 2 is 0.773 bits per heavy atom. The van der Waals surface area contributed by atoms with Crippen LogP contribution in [0.3, 0.4) is 0 Å². The summed E-state index contributed by atoms with van der Waals surface area (Å²) in [5, 5.41) is 47.7. The molecule has 13 heteroatoms. The monoisotopic (exact) mass is 373 g/mol. The predicted molar refractivity (Wildman–Crippen MR) is 68.1 cm³/mol. The quantitative estimate of drug-likeness (QED) is 0.199. The van der Waals surface area contributed by atoms with Gasteiger partial charge in [0.25, 0.3) is 0 Å². The van der Waals surface area contributed by atoms with E-state index in [4.69, 9.17) is 47.8 Å². The molecule has 0 amide bonds. The molecule has 0 spiro atoms. The normalized spacial score (nSPS) is 12.8. The summed E-state index contributed by atoms with van der Waals surface area (Å²) in [5.74, 6) is -3.53. The molecule has 12 nitrogen and oxygen atoms in total. The Morgan fingerprint density at radius 3 is 0.773 bits per heavy atom.